The van der Waals surface area contributed by atoms with Gasteiger partial charge in [0.05, 0.1) is 12.2 Å². The molecule has 1 N–H and O–H groups in total. The van der Waals surface area contributed by atoms with Crippen LogP contribution in [0.3, 0.4) is 0 Å². The van der Waals surface area contributed by atoms with Crippen molar-refractivity contribution in [1.82, 2.24) is 14.8 Å². The zero-order valence-corrected chi connectivity index (χ0v) is 15.9. The third-order valence-corrected chi connectivity index (χ3v) is 4.71. The minimum Gasteiger partial charge on any atom is -0.463 e. The number of nitrogens with one attached hydrogen (secondary N) is 1. The fourth-order valence-electron chi connectivity index (χ4n) is 2.68. The first-order valence-corrected chi connectivity index (χ1v) is 9.47. The smallest absolute Gasteiger partial charge is 0.338 e. The third-order valence-electron chi connectivity index (χ3n) is 3.68. The molecule has 0 radical (unpaired) electrons. The van der Waals surface area contributed by atoms with E-state index < -0.39 is 0 Å². The van der Waals surface area contributed by atoms with Crippen LogP contribution in [-0.4, -0.2) is 33.6 Å². The number of carbonyl (C=O) groups is 1. The van der Waals surface area contributed by atoms with Gasteiger partial charge in [0.25, 0.3) is 0 Å². The third kappa shape index (κ3) is 3.08. The molecule has 1 atom stereocenters. The Morgan fingerprint density at radius 1 is 1.50 bits per heavy atom. The molecule has 1 aliphatic rings. The molecule has 0 unspecified atom stereocenters. The van der Waals surface area contributed by atoms with E-state index in [1.54, 1.807) is 11.6 Å². The van der Waals surface area contributed by atoms with E-state index in [0.29, 0.717) is 23.3 Å². The highest BCUT2D eigenvalue weighted by Gasteiger charge is 2.35. The lowest BCUT2D eigenvalue weighted by Crippen LogP contribution is -2.29. The van der Waals surface area contributed by atoms with Crippen molar-refractivity contribution in [3.63, 3.8) is 0 Å². The number of benzene rings is 1. The molecule has 0 saturated carbocycles. The Hall–Kier alpha value is -1.80. The highest BCUT2D eigenvalue weighted by molar-refractivity contribution is 9.10. The van der Waals surface area contributed by atoms with E-state index in [0.717, 1.165) is 15.7 Å². The molecule has 2 aromatic rings. The Kier molecular flexibility index (Phi) is 4.96. The van der Waals surface area contributed by atoms with Crippen molar-refractivity contribution >= 4 is 39.6 Å². The molecule has 1 aliphatic heterocycles. The van der Waals surface area contributed by atoms with Crippen LogP contribution in [0.2, 0.25) is 0 Å². The van der Waals surface area contributed by atoms with Crippen LogP contribution in [0.1, 0.15) is 25.5 Å². The van der Waals surface area contributed by atoms with Crippen LogP contribution >= 0.6 is 27.7 Å². The molecule has 0 saturated heterocycles. The van der Waals surface area contributed by atoms with Crippen molar-refractivity contribution in [3.05, 3.63) is 45.6 Å². The van der Waals surface area contributed by atoms with Crippen LogP contribution in [0, 0.1) is 0 Å². The van der Waals surface area contributed by atoms with Gasteiger partial charge in [-0.15, -0.1) is 5.10 Å². The van der Waals surface area contributed by atoms with Crippen LogP contribution in [0.25, 0.3) is 0 Å². The van der Waals surface area contributed by atoms with Gasteiger partial charge in [0.1, 0.15) is 6.04 Å². The first-order valence-electron chi connectivity index (χ1n) is 7.46. The van der Waals surface area contributed by atoms with Gasteiger partial charge in [0.15, 0.2) is 0 Å². The summed E-state index contributed by atoms with van der Waals surface area (Å²) in [6.07, 6.45) is 1.92. The van der Waals surface area contributed by atoms with E-state index in [9.17, 15) is 4.79 Å². The summed E-state index contributed by atoms with van der Waals surface area (Å²) in [5.41, 5.74) is 2.21. The first-order chi connectivity index (χ1) is 11.5. The number of esters is 1. The van der Waals surface area contributed by atoms with Crippen molar-refractivity contribution in [2.75, 3.05) is 18.2 Å². The number of hydrogen-bond donors (Lipinski definition) is 1. The number of rotatable bonds is 4. The normalized spacial score (nSPS) is 16.6. The second-order valence-electron chi connectivity index (χ2n) is 5.21. The SMILES string of the molecule is CCOC(=O)C1=C(C)Nc2nc(SC)nn2[C@@H]1c1cccc(Br)c1. The summed E-state index contributed by atoms with van der Waals surface area (Å²) in [7, 11) is 0. The van der Waals surface area contributed by atoms with E-state index in [1.807, 2.05) is 37.4 Å². The van der Waals surface area contributed by atoms with Crippen molar-refractivity contribution in [1.29, 1.82) is 0 Å². The van der Waals surface area contributed by atoms with Crippen LogP contribution in [0.4, 0.5) is 5.95 Å². The molecule has 0 amide bonds. The molecule has 24 heavy (non-hydrogen) atoms. The van der Waals surface area contributed by atoms with Gasteiger partial charge in [-0.1, -0.05) is 39.8 Å². The number of ether oxygens (including phenoxy) is 1. The Balaban J connectivity index is 2.17. The zero-order valence-electron chi connectivity index (χ0n) is 13.5. The van der Waals surface area contributed by atoms with E-state index in [4.69, 9.17) is 4.74 Å². The maximum atomic E-state index is 12.6. The minimum absolute atomic E-state index is 0.321. The van der Waals surface area contributed by atoms with Gasteiger partial charge in [0.2, 0.25) is 11.1 Å². The van der Waals surface area contributed by atoms with Crippen LogP contribution < -0.4 is 5.32 Å². The maximum Gasteiger partial charge on any atom is 0.338 e. The number of carbonyl (C=O) groups excluding carboxylic acids is 1. The summed E-state index contributed by atoms with van der Waals surface area (Å²) in [6, 6.07) is 7.45. The molecule has 1 aromatic carbocycles. The predicted octanol–water partition coefficient (Wildman–Crippen LogP) is 3.61. The van der Waals surface area contributed by atoms with Crippen LogP contribution in [-0.2, 0) is 9.53 Å². The van der Waals surface area contributed by atoms with Gasteiger partial charge < -0.3 is 10.1 Å². The van der Waals surface area contributed by atoms with Gasteiger partial charge in [-0.05, 0) is 37.8 Å². The fourth-order valence-corrected chi connectivity index (χ4v) is 3.44. The molecule has 2 heterocycles. The van der Waals surface area contributed by atoms with Gasteiger partial charge >= 0.3 is 5.97 Å². The molecular formula is C16H17BrN4O2S. The second kappa shape index (κ2) is 6.98. The first kappa shape index (κ1) is 17.0. The largest absolute Gasteiger partial charge is 0.463 e. The Bertz CT molecular complexity index is 818. The van der Waals surface area contributed by atoms with Gasteiger partial charge in [-0.25, -0.2) is 9.48 Å². The van der Waals surface area contributed by atoms with Crippen LogP contribution in [0.15, 0.2) is 45.2 Å². The molecule has 8 heteroatoms. The van der Waals surface area contributed by atoms with Crippen LogP contribution in [0.5, 0.6) is 0 Å². The average molecular weight is 409 g/mol. The highest BCUT2D eigenvalue weighted by atomic mass is 79.9. The van der Waals surface area contributed by atoms with E-state index >= 15 is 0 Å². The monoisotopic (exact) mass is 408 g/mol. The molecule has 6 nitrogen and oxygen atoms in total. The number of fused-ring (bicyclic) bond motifs is 1. The van der Waals surface area contributed by atoms with E-state index in [1.165, 1.54) is 11.8 Å². The van der Waals surface area contributed by atoms with Crippen molar-refractivity contribution < 1.29 is 9.53 Å². The molecular weight excluding hydrogens is 392 g/mol. The van der Waals surface area contributed by atoms with Gasteiger partial charge in [0, 0.05) is 10.2 Å². The topological polar surface area (TPSA) is 69.0 Å². The number of allylic oxidation sites excluding steroid dienone is 1. The predicted molar refractivity (Wildman–Crippen MR) is 97.0 cm³/mol. The Labute approximate surface area is 152 Å². The summed E-state index contributed by atoms with van der Waals surface area (Å²) in [5.74, 6) is 0.272. The number of hydrogen-bond acceptors (Lipinski definition) is 6. The summed E-state index contributed by atoms with van der Waals surface area (Å²) in [6.45, 7) is 3.97. The zero-order chi connectivity index (χ0) is 17.3. The lowest BCUT2D eigenvalue weighted by Gasteiger charge is -2.28. The molecule has 126 valence electrons. The summed E-state index contributed by atoms with van der Waals surface area (Å²) in [5, 5.41) is 8.34. The highest BCUT2D eigenvalue weighted by Crippen LogP contribution is 2.37. The number of halogens is 1. The Morgan fingerprint density at radius 2 is 2.29 bits per heavy atom. The second-order valence-corrected chi connectivity index (χ2v) is 6.90. The lowest BCUT2D eigenvalue weighted by atomic mass is 9.96. The Morgan fingerprint density at radius 3 is 2.96 bits per heavy atom. The lowest BCUT2D eigenvalue weighted by molar-refractivity contribution is -0.139. The minimum atomic E-state index is -0.383. The average Bonchev–Trinajstić information content (AvgIpc) is 2.96. The molecule has 1 aromatic heterocycles. The van der Waals surface area contributed by atoms with E-state index in [-0.39, 0.29) is 12.0 Å². The maximum absolute atomic E-state index is 12.6. The van der Waals surface area contributed by atoms with Gasteiger partial charge in [-0.2, -0.15) is 4.98 Å². The molecule has 0 bridgehead atoms. The molecule has 3 rings (SSSR count). The summed E-state index contributed by atoms with van der Waals surface area (Å²) >= 11 is 4.95. The fraction of sp³-hybridized carbons (Fsp3) is 0.312. The van der Waals surface area contributed by atoms with E-state index in [2.05, 4.69) is 31.3 Å². The number of aromatic nitrogens is 3. The van der Waals surface area contributed by atoms with Crippen molar-refractivity contribution in [3.8, 4) is 0 Å². The van der Waals surface area contributed by atoms with Gasteiger partial charge in [-0.3, -0.25) is 0 Å². The number of thioether (sulfide) groups is 1. The molecule has 0 spiro atoms. The molecule has 0 aliphatic carbocycles. The summed E-state index contributed by atoms with van der Waals surface area (Å²) < 4.78 is 7.95. The molecule has 0 fully saturated rings. The van der Waals surface area contributed by atoms with Crippen molar-refractivity contribution in [2.24, 2.45) is 0 Å². The number of anilines is 1. The standard InChI is InChI=1S/C16H17BrN4O2S/c1-4-23-14(22)12-9(2)18-15-19-16(24-3)20-21(15)13(12)10-6-5-7-11(17)8-10/h5-8,13H,4H2,1-3H3,(H,18,19,20)/t13-/m1/s1. The summed E-state index contributed by atoms with van der Waals surface area (Å²) in [4.78, 5) is 17.0. The van der Waals surface area contributed by atoms with Crippen molar-refractivity contribution in [2.45, 2.75) is 25.0 Å². The quantitative estimate of drug-likeness (QED) is 0.615. The number of nitrogens with zero attached hydrogens (tertiary/aromatic N) is 3.